The molecule has 0 saturated heterocycles. The standard InChI is InChI=1S/C14H16ClNO2/c1-18-16-13(17)11-9-10(15)5-6-12(11)14(16)7-3-2-4-8-14/h5-6,9H,2-4,7-8H2,1H3. The van der Waals surface area contributed by atoms with Crippen molar-refractivity contribution in [3.63, 3.8) is 0 Å². The molecule has 0 N–H and O–H groups in total. The molecule has 1 saturated carbocycles. The fourth-order valence-electron chi connectivity index (χ4n) is 3.38. The van der Waals surface area contributed by atoms with E-state index in [1.54, 1.807) is 18.2 Å². The molecule has 0 atom stereocenters. The number of carbonyl (C=O) groups is 1. The molecule has 2 aliphatic rings. The lowest BCUT2D eigenvalue weighted by Gasteiger charge is -2.40. The number of benzene rings is 1. The Kier molecular flexibility index (Phi) is 2.83. The highest BCUT2D eigenvalue weighted by atomic mass is 35.5. The first kappa shape index (κ1) is 12.0. The van der Waals surface area contributed by atoms with Crippen LogP contribution in [0, 0.1) is 0 Å². The summed E-state index contributed by atoms with van der Waals surface area (Å²) >= 11 is 6.00. The maximum absolute atomic E-state index is 12.4. The lowest BCUT2D eigenvalue weighted by atomic mass is 9.77. The van der Waals surface area contributed by atoms with Crippen LogP contribution in [0.3, 0.4) is 0 Å². The Morgan fingerprint density at radius 3 is 2.67 bits per heavy atom. The highest BCUT2D eigenvalue weighted by Gasteiger charge is 2.50. The van der Waals surface area contributed by atoms with Crippen LogP contribution in [0.4, 0.5) is 0 Å². The van der Waals surface area contributed by atoms with E-state index in [9.17, 15) is 4.79 Å². The van der Waals surface area contributed by atoms with Crippen LogP contribution in [0.25, 0.3) is 0 Å². The largest absolute Gasteiger partial charge is 0.278 e. The zero-order valence-electron chi connectivity index (χ0n) is 10.4. The summed E-state index contributed by atoms with van der Waals surface area (Å²) in [6, 6.07) is 5.61. The van der Waals surface area contributed by atoms with Crippen molar-refractivity contribution in [1.29, 1.82) is 0 Å². The third-order valence-corrected chi connectivity index (χ3v) is 4.38. The van der Waals surface area contributed by atoms with Gasteiger partial charge in [-0.3, -0.25) is 9.63 Å². The number of rotatable bonds is 1. The van der Waals surface area contributed by atoms with Crippen molar-refractivity contribution in [3.05, 3.63) is 34.3 Å². The Hall–Kier alpha value is -1.06. The van der Waals surface area contributed by atoms with E-state index in [2.05, 4.69) is 0 Å². The van der Waals surface area contributed by atoms with Crippen molar-refractivity contribution in [2.24, 2.45) is 0 Å². The van der Waals surface area contributed by atoms with Gasteiger partial charge in [0.15, 0.2) is 0 Å². The van der Waals surface area contributed by atoms with Gasteiger partial charge in [0, 0.05) is 10.6 Å². The molecule has 0 aromatic heterocycles. The van der Waals surface area contributed by atoms with E-state index in [0.29, 0.717) is 10.6 Å². The number of amides is 1. The van der Waals surface area contributed by atoms with Crippen LogP contribution >= 0.6 is 11.6 Å². The molecule has 0 radical (unpaired) electrons. The Bertz CT molecular complexity index is 495. The van der Waals surface area contributed by atoms with Gasteiger partial charge in [-0.25, -0.2) is 5.06 Å². The Morgan fingerprint density at radius 1 is 1.28 bits per heavy atom. The summed E-state index contributed by atoms with van der Waals surface area (Å²) in [6.45, 7) is 0. The number of nitrogens with zero attached hydrogens (tertiary/aromatic N) is 1. The molecule has 3 nitrogen and oxygen atoms in total. The molecule has 0 bridgehead atoms. The predicted octanol–water partition coefficient (Wildman–Crippen LogP) is 3.52. The molecule has 1 amide bonds. The van der Waals surface area contributed by atoms with Crippen LogP contribution < -0.4 is 0 Å². The van der Waals surface area contributed by atoms with Gasteiger partial charge in [0.25, 0.3) is 5.91 Å². The third-order valence-electron chi connectivity index (χ3n) is 4.15. The van der Waals surface area contributed by atoms with E-state index >= 15 is 0 Å². The van der Waals surface area contributed by atoms with Gasteiger partial charge < -0.3 is 0 Å². The van der Waals surface area contributed by atoms with Gasteiger partial charge in [-0.2, -0.15) is 0 Å². The minimum absolute atomic E-state index is 0.0584. The van der Waals surface area contributed by atoms with E-state index in [1.165, 1.54) is 6.42 Å². The number of hydroxylamine groups is 2. The smallest absolute Gasteiger partial charge is 0.273 e. The maximum Gasteiger partial charge on any atom is 0.278 e. The van der Waals surface area contributed by atoms with Crippen molar-refractivity contribution in [1.82, 2.24) is 5.06 Å². The number of halogens is 1. The van der Waals surface area contributed by atoms with Gasteiger partial charge >= 0.3 is 0 Å². The Balaban J connectivity index is 2.16. The highest BCUT2D eigenvalue weighted by molar-refractivity contribution is 6.31. The molecule has 1 fully saturated rings. The van der Waals surface area contributed by atoms with Gasteiger partial charge in [0.05, 0.1) is 12.6 Å². The van der Waals surface area contributed by atoms with Crippen LogP contribution in [-0.4, -0.2) is 18.1 Å². The molecule has 1 heterocycles. The third kappa shape index (κ3) is 1.50. The average molecular weight is 266 g/mol. The second-order valence-corrected chi connectivity index (χ2v) is 5.50. The highest BCUT2D eigenvalue weighted by Crippen LogP contribution is 2.49. The topological polar surface area (TPSA) is 29.5 Å². The first-order chi connectivity index (χ1) is 8.69. The molecule has 4 heteroatoms. The van der Waals surface area contributed by atoms with Crippen molar-refractivity contribution >= 4 is 17.5 Å². The lowest BCUT2D eigenvalue weighted by molar-refractivity contribution is -0.169. The second-order valence-electron chi connectivity index (χ2n) is 5.06. The molecular weight excluding hydrogens is 250 g/mol. The quantitative estimate of drug-likeness (QED) is 0.778. The van der Waals surface area contributed by atoms with Gasteiger partial charge in [-0.15, -0.1) is 0 Å². The summed E-state index contributed by atoms with van der Waals surface area (Å²) < 4.78 is 0. The summed E-state index contributed by atoms with van der Waals surface area (Å²) in [5, 5.41) is 2.17. The zero-order valence-corrected chi connectivity index (χ0v) is 11.2. The summed E-state index contributed by atoms with van der Waals surface area (Å²) in [5.74, 6) is -0.0584. The monoisotopic (exact) mass is 265 g/mol. The molecule has 96 valence electrons. The van der Waals surface area contributed by atoms with E-state index in [-0.39, 0.29) is 11.4 Å². The van der Waals surface area contributed by atoms with Crippen molar-refractivity contribution in [2.45, 2.75) is 37.6 Å². The Morgan fingerprint density at radius 2 is 2.00 bits per heavy atom. The van der Waals surface area contributed by atoms with Crippen LogP contribution in [0.2, 0.25) is 5.02 Å². The minimum atomic E-state index is -0.260. The second kappa shape index (κ2) is 4.25. The molecule has 1 spiro atoms. The van der Waals surface area contributed by atoms with Crippen LogP contribution in [0.5, 0.6) is 0 Å². The predicted molar refractivity (Wildman–Crippen MR) is 69.4 cm³/mol. The van der Waals surface area contributed by atoms with Crippen molar-refractivity contribution < 1.29 is 9.63 Å². The first-order valence-corrected chi connectivity index (χ1v) is 6.75. The molecule has 3 rings (SSSR count). The van der Waals surface area contributed by atoms with Crippen LogP contribution in [0.15, 0.2) is 18.2 Å². The Labute approximate surface area is 112 Å². The SMILES string of the molecule is CON1C(=O)c2cc(Cl)ccc2C12CCCCC2. The number of hydrogen-bond acceptors (Lipinski definition) is 2. The van der Waals surface area contributed by atoms with E-state index < -0.39 is 0 Å². The van der Waals surface area contributed by atoms with Crippen molar-refractivity contribution in [3.8, 4) is 0 Å². The number of fused-ring (bicyclic) bond motifs is 2. The molecule has 1 aliphatic carbocycles. The lowest BCUT2D eigenvalue weighted by Crippen LogP contribution is -2.44. The number of carbonyl (C=O) groups excluding carboxylic acids is 1. The molecule has 0 unspecified atom stereocenters. The summed E-state index contributed by atoms with van der Waals surface area (Å²) in [7, 11) is 1.57. The van der Waals surface area contributed by atoms with Crippen molar-refractivity contribution in [2.75, 3.05) is 7.11 Å². The van der Waals surface area contributed by atoms with Gasteiger partial charge in [-0.1, -0.05) is 36.9 Å². The maximum atomic E-state index is 12.4. The molecular formula is C14H16ClNO2. The molecule has 18 heavy (non-hydrogen) atoms. The zero-order chi connectivity index (χ0) is 12.8. The summed E-state index contributed by atoms with van der Waals surface area (Å²) in [4.78, 5) is 17.8. The fraction of sp³-hybridized carbons (Fsp3) is 0.500. The molecule has 1 aromatic rings. The van der Waals surface area contributed by atoms with Gasteiger partial charge in [-0.05, 0) is 30.5 Å². The minimum Gasteiger partial charge on any atom is -0.273 e. The van der Waals surface area contributed by atoms with Crippen LogP contribution in [0.1, 0.15) is 48.0 Å². The summed E-state index contributed by atoms with van der Waals surface area (Å²) in [6.07, 6.45) is 5.45. The average Bonchev–Trinajstić information content (AvgIpc) is 2.60. The van der Waals surface area contributed by atoms with E-state index in [4.69, 9.17) is 16.4 Å². The fourth-order valence-corrected chi connectivity index (χ4v) is 3.55. The van der Waals surface area contributed by atoms with E-state index in [1.807, 2.05) is 12.1 Å². The normalized spacial score (nSPS) is 21.4. The summed E-state index contributed by atoms with van der Waals surface area (Å²) in [5.41, 5.74) is 1.52. The molecule has 1 aromatic carbocycles. The van der Waals surface area contributed by atoms with Crippen LogP contribution in [-0.2, 0) is 10.4 Å². The van der Waals surface area contributed by atoms with E-state index in [0.717, 1.165) is 31.2 Å². The first-order valence-electron chi connectivity index (χ1n) is 6.38. The van der Waals surface area contributed by atoms with Gasteiger partial charge in [0.1, 0.15) is 0 Å². The van der Waals surface area contributed by atoms with Gasteiger partial charge in [0.2, 0.25) is 0 Å². The number of hydrogen-bond donors (Lipinski definition) is 0. The molecule has 1 aliphatic heterocycles.